The maximum absolute atomic E-state index is 13.1. The molecular formula is C29H28N6O2. The number of H-pyrrole nitrogens is 1. The van der Waals surface area contributed by atoms with Crippen LogP contribution in [-0.2, 0) is 17.8 Å². The topological polar surface area (TPSA) is 97.7 Å². The van der Waals surface area contributed by atoms with Gasteiger partial charge in [-0.1, -0.05) is 60.7 Å². The lowest BCUT2D eigenvalue weighted by atomic mass is 10.1. The second-order valence-electron chi connectivity index (χ2n) is 8.75. The first-order chi connectivity index (χ1) is 18.2. The normalized spacial score (nSPS) is 12.1. The second kappa shape index (κ2) is 11.3. The lowest BCUT2D eigenvalue weighted by Gasteiger charge is -2.16. The number of carbonyl (C=O) groups is 1. The maximum atomic E-state index is 13.1. The van der Waals surface area contributed by atoms with Gasteiger partial charge in [-0.15, -0.1) is 10.2 Å². The van der Waals surface area contributed by atoms with E-state index >= 15 is 0 Å². The molecule has 2 aromatic heterocycles. The van der Waals surface area contributed by atoms with Gasteiger partial charge in [-0.3, -0.25) is 4.79 Å². The number of aromatic nitrogens is 5. The molecule has 0 bridgehead atoms. The molecule has 0 saturated heterocycles. The largest absolute Gasteiger partial charge is 0.489 e. The Kier molecular flexibility index (Phi) is 7.36. The molecule has 8 nitrogen and oxygen atoms in total. The van der Waals surface area contributed by atoms with E-state index in [0.717, 1.165) is 34.2 Å². The van der Waals surface area contributed by atoms with Gasteiger partial charge in [-0.2, -0.15) is 5.21 Å². The third-order valence-corrected chi connectivity index (χ3v) is 6.21. The molecule has 0 fully saturated rings. The molecule has 0 aliphatic rings. The van der Waals surface area contributed by atoms with E-state index in [9.17, 15) is 4.79 Å². The molecule has 37 heavy (non-hydrogen) atoms. The fourth-order valence-electron chi connectivity index (χ4n) is 4.20. The van der Waals surface area contributed by atoms with Gasteiger partial charge in [0.05, 0.1) is 5.52 Å². The van der Waals surface area contributed by atoms with E-state index in [4.69, 9.17) is 4.74 Å². The number of carbonyl (C=O) groups excluding carboxylic acids is 1. The minimum atomic E-state index is -0.421. The number of aromatic amines is 1. The van der Waals surface area contributed by atoms with Crippen molar-refractivity contribution >= 4 is 29.0 Å². The first-order valence-electron chi connectivity index (χ1n) is 12.2. The van der Waals surface area contributed by atoms with Crippen molar-refractivity contribution in [2.24, 2.45) is 0 Å². The quantitative estimate of drug-likeness (QED) is 0.291. The van der Waals surface area contributed by atoms with Gasteiger partial charge in [0.15, 0.2) is 5.82 Å². The van der Waals surface area contributed by atoms with E-state index in [2.05, 4.69) is 38.1 Å². The van der Waals surface area contributed by atoms with Crippen LogP contribution in [-0.4, -0.2) is 37.6 Å². The van der Waals surface area contributed by atoms with E-state index < -0.39 is 6.04 Å². The number of nitrogens with zero attached hydrogens (tertiary/aromatic N) is 4. The number of ether oxygens (including phenoxy) is 1. The predicted octanol–water partition coefficient (Wildman–Crippen LogP) is 4.82. The summed E-state index contributed by atoms with van der Waals surface area (Å²) in [5, 5.41) is 18.1. The van der Waals surface area contributed by atoms with E-state index in [1.807, 2.05) is 90.5 Å². The second-order valence-corrected chi connectivity index (χ2v) is 8.75. The highest BCUT2D eigenvalue weighted by molar-refractivity contribution is 5.94. The molecule has 5 aromatic rings. The summed E-state index contributed by atoms with van der Waals surface area (Å²) in [6.45, 7) is 2.94. The molecule has 0 spiro atoms. The van der Waals surface area contributed by atoms with Gasteiger partial charge in [-0.05, 0) is 54.0 Å². The Morgan fingerprint density at radius 1 is 1.03 bits per heavy atom. The summed E-state index contributed by atoms with van der Waals surface area (Å²) < 4.78 is 8.06. The molecule has 0 aliphatic heterocycles. The van der Waals surface area contributed by atoms with Crippen LogP contribution in [0, 0.1) is 0 Å². The van der Waals surface area contributed by atoms with E-state index in [0.29, 0.717) is 19.0 Å². The molecule has 2 heterocycles. The third-order valence-electron chi connectivity index (χ3n) is 6.21. The van der Waals surface area contributed by atoms with E-state index in [1.54, 1.807) is 6.08 Å². The number of hydrogen-bond acceptors (Lipinski definition) is 5. The van der Waals surface area contributed by atoms with Crippen LogP contribution < -0.4 is 10.1 Å². The summed E-state index contributed by atoms with van der Waals surface area (Å²) in [5.41, 5.74) is 4.13. The van der Waals surface area contributed by atoms with Crippen LogP contribution in [0.2, 0.25) is 0 Å². The van der Waals surface area contributed by atoms with E-state index in [1.165, 1.54) is 5.56 Å². The zero-order chi connectivity index (χ0) is 25.5. The molecule has 1 atom stereocenters. The van der Waals surface area contributed by atoms with Gasteiger partial charge in [0.2, 0.25) is 5.91 Å². The lowest BCUT2D eigenvalue weighted by Crippen LogP contribution is -2.32. The van der Waals surface area contributed by atoms with Gasteiger partial charge in [0.1, 0.15) is 18.4 Å². The fourth-order valence-corrected chi connectivity index (χ4v) is 4.20. The van der Waals surface area contributed by atoms with Crippen molar-refractivity contribution in [1.82, 2.24) is 30.5 Å². The van der Waals surface area contributed by atoms with Crippen LogP contribution in [0.5, 0.6) is 5.75 Å². The van der Waals surface area contributed by atoms with Crippen LogP contribution in [0.4, 0.5) is 0 Å². The highest BCUT2D eigenvalue weighted by atomic mass is 16.5. The Morgan fingerprint density at radius 3 is 2.51 bits per heavy atom. The summed E-state index contributed by atoms with van der Waals surface area (Å²) in [5.74, 6) is 1.17. The molecular weight excluding hydrogens is 464 g/mol. The van der Waals surface area contributed by atoms with Crippen LogP contribution in [0.15, 0.2) is 85.1 Å². The monoisotopic (exact) mass is 492 g/mol. The fraction of sp³-hybridized carbons (Fsp3) is 0.172. The number of fused-ring (bicyclic) bond motifs is 1. The van der Waals surface area contributed by atoms with Gasteiger partial charge >= 0.3 is 0 Å². The zero-order valence-corrected chi connectivity index (χ0v) is 20.5. The maximum Gasteiger partial charge on any atom is 0.242 e. The van der Waals surface area contributed by atoms with Gasteiger partial charge < -0.3 is 14.6 Å². The Morgan fingerprint density at radius 2 is 1.78 bits per heavy atom. The summed E-state index contributed by atoms with van der Waals surface area (Å²) in [6.07, 6.45) is 6.47. The number of nitrogens with one attached hydrogen (secondary N) is 2. The molecule has 8 heteroatoms. The molecule has 0 radical (unpaired) electrons. The number of hydrogen-bond donors (Lipinski definition) is 2. The molecule has 186 valence electrons. The number of rotatable bonds is 10. The van der Waals surface area contributed by atoms with Crippen LogP contribution >= 0.6 is 0 Å². The summed E-state index contributed by atoms with van der Waals surface area (Å²) >= 11 is 0. The SMILES string of the molecule is CC(C(=O)NCCc1ccccc1)n1cc(C=Cc2nn[nH]n2)c2ccc(OCc3ccccc3)cc21. The third kappa shape index (κ3) is 5.92. The Balaban J connectivity index is 1.38. The Labute approximate surface area is 215 Å². The van der Waals surface area contributed by atoms with Crippen LogP contribution in [0.3, 0.4) is 0 Å². The number of tetrazole rings is 1. The minimum absolute atomic E-state index is 0.0443. The number of amides is 1. The summed E-state index contributed by atoms with van der Waals surface area (Å²) in [6, 6.07) is 25.7. The minimum Gasteiger partial charge on any atom is -0.489 e. The molecule has 2 N–H and O–H groups in total. The van der Waals surface area contributed by atoms with Crippen molar-refractivity contribution < 1.29 is 9.53 Å². The van der Waals surface area contributed by atoms with Crippen molar-refractivity contribution in [1.29, 1.82) is 0 Å². The van der Waals surface area contributed by atoms with E-state index in [-0.39, 0.29) is 5.91 Å². The van der Waals surface area contributed by atoms with Crippen LogP contribution in [0.1, 0.15) is 35.5 Å². The Hall–Kier alpha value is -4.72. The molecule has 1 amide bonds. The molecule has 5 rings (SSSR count). The molecule has 3 aromatic carbocycles. The molecule has 0 aliphatic carbocycles. The average molecular weight is 493 g/mol. The first kappa shape index (κ1) is 24.0. The zero-order valence-electron chi connectivity index (χ0n) is 20.5. The predicted molar refractivity (Wildman–Crippen MR) is 144 cm³/mol. The number of benzene rings is 3. The van der Waals surface area contributed by atoms with Gasteiger partial charge in [0.25, 0.3) is 0 Å². The first-order valence-corrected chi connectivity index (χ1v) is 12.2. The smallest absolute Gasteiger partial charge is 0.242 e. The summed E-state index contributed by atoms with van der Waals surface area (Å²) in [7, 11) is 0. The Bertz CT molecular complexity index is 1480. The van der Waals surface area contributed by atoms with Crippen molar-refractivity contribution in [2.75, 3.05) is 6.54 Å². The van der Waals surface area contributed by atoms with Gasteiger partial charge in [0, 0.05) is 29.8 Å². The van der Waals surface area contributed by atoms with Crippen molar-refractivity contribution in [3.05, 3.63) is 108 Å². The van der Waals surface area contributed by atoms with Crippen LogP contribution in [0.25, 0.3) is 23.1 Å². The van der Waals surface area contributed by atoms with Crippen molar-refractivity contribution in [2.45, 2.75) is 26.0 Å². The van der Waals surface area contributed by atoms with Gasteiger partial charge in [-0.25, -0.2) is 0 Å². The molecule has 0 saturated carbocycles. The summed E-state index contributed by atoms with van der Waals surface area (Å²) in [4.78, 5) is 13.1. The highest BCUT2D eigenvalue weighted by Gasteiger charge is 2.19. The highest BCUT2D eigenvalue weighted by Crippen LogP contribution is 2.30. The van der Waals surface area contributed by atoms with Crippen molar-refractivity contribution in [3.8, 4) is 5.75 Å². The average Bonchev–Trinajstić information content (AvgIpc) is 3.59. The lowest BCUT2D eigenvalue weighted by molar-refractivity contribution is -0.123. The molecule has 1 unspecified atom stereocenters. The standard InChI is InChI=1S/C29H28N6O2/c1-21(29(36)30-17-16-22-8-4-2-5-9-22)35-19-24(12-15-28-31-33-34-32-28)26-14-13-25(18-27(26)35)37-20-23-10-6-3-7-11-23/h2-15,18-19,21H,16-17,20H2,1H3,(H,30,36)(H,31,32,33,34). The van der Waals surface area contributed by atoms with Crippen molar-refractivity contribution in [3.63, 3.8) is 0 Å².